The third kappa shape index (κ3) is 3.69. The van der Waals surface area contributed by atoms with Crippen LogP contribution in [-0.2, 0) is 4.79 Å². The molecule has 1 aliphatic rings. The third-order valence-electron chi connectivity index (χ3n) is 4.07. The van der Waals surface area contributed by atoms with Gasteiger partial charge in [0, 0.05) is 12.6 Å². The van der Waals surface area contributed by atoms with Gasteiger partial charge in [0.05, 0.1) is 11.7 Å². The van der Waals surface area contributed by atoms with Gasteiger partial charge in [-0.25, -0.2) is 0 Å². The van der Waals surface area contributed by atoms with E-state index in [1.54, 1.807) is 0 Å². The molecule has 0 aromatic carbocycles. The summed E-state index contributed by atoms with van der Waals surface area (Å²) in [5.74, 6) is 0.855. The predicted octanol–water partition coefficient (Wildman–Crippen LogP) is 1.91. The molecule has 4 heteroatoms. The molecule has 3 unspecified atom stereocenters. The Morgan fingerprint density at radius 2 is 2.00 bits per heavy atom. The van der Waals surface area contributed by atoms with E-state index in [-0.39, 0.29) is 17.6 Å². The molecule has 0 aromatic heterocycles. The fourth-order valence-electron chi connectivity index (χ4n) is 3.03. The molecule has 1 aliphatic heterocycles. The van der Waals surface area contributed by atoms with Gasteiger partial charge in [0.2, 0.25) is 5.91 Å². The van der Waals surface area contributed by atoms with Crippen LogP contribution in [0.3, 0.4) is 0 Å². The van der Waals surface area contributed by atoms with E-state index in [2.05, 4.69) is 56.9 Å². The van der Waals surface area contributed by atoms with E-state index < -0.39 is 0 Å². The van der Waals surface area contributed by atoms with Crippen molar-refractivity contribution in [2.24, 2.45) is 5.92 Å². The first-order valence-electron chi connectivity index (χ1n) is 7.46. The molecular formula is C15H31N3O. The van der Waals surface area contributed by atoms with Crippen LogP contribution in [0.5, 0.6) is 0 Å². The van der Waals surface area contributed by atoms with Gasteiger partial charge >= 0.3 is 0 Å². The van der Waals surface area contributed by atoms with Gasteiger partial charge in [-0.15, -0.1) is 0 Å². The van der Waals surface area contributed by atoms with E-state index >= 15 is 0 Å². The number of nitrogens with one attached hydrogen (secondary N) is 1. The summed E-state index contributed by atoms with van der Waals surface area (Å²) in [6.07, 6.45) is 2.01. The molecule has 0 radical (unpaired) electrons. The van der Waals surface area contributed by atoms with Crippen molar-refractivity contribution >= 4 is 5.91 Å². The van der Waals surface area contributed by atoms with Gasteiger partial charge in [0.15, 0.2) is 0 Å². The first-order valence-corrected chi connectivity index (χ1v) is 7.46. The van der Waals surface area contributed by atoms with Crippen molar-refractivity contribution in [1.82, 2.24) is 15.1 Å². The van der Waals surface area contributed by atoms with E-state index in [0.717, 1.165) is 19.4 Å². The highest BCUT2D eigenvalue weighted by Crippen LogP contribution is 2.27. The molecule has 1 saturated heterocycles. The molecule has 0 bridgehead atoms. The largest absolute Gasteiger partial charge is 0.322 e. The summed E-state index contributed by atoms with van der Waals surface area (Å²) in [4.78, 5) is 17.0. The van der Waals surface area contributed by atoms with Crippen LogP contribution in [0, 0.1) is 5.92 Å². The zero-order valence-electron chi connectivity index (χ0n) is 13.7. The summed E-state index contributed by atoms with van der Waals surface area (Å²) in [7, 11) is 4.15. The summed E-state index contributed by atoms with van der Waals surface area (Å²) in [5, 5.41) is 3.46. The molecule has 1 heterocycles. The number of carbonyl (C=O) groups excluding carboxylic acids is 1. The maximum absolute atomic E-state index is 12.7. The lowest BCUT2D eigenvalue weighted by atomic mass is 9.97. The Bertz CT molecular complexity index is 307. The highest BCUT2D eigenvalue weighted by atomic mass is 16.2. The van der Waals surface area contributed by atoms with Crippen molar-refractivity contribution in [2.45, 2.75) is 65.2 Å². The number of hydrogen-bond donors (Lipinski definition) is 1. The molecule has 112 valence electrons. The van der Waals surface area contributed by atoms with E-state index in [4.69, 9.17) is 0 Å². The number of likely N-dealkylation sites (N-methyl/N-ethyl adjacent to an activating group) is 1. The molecule has 1 rings (SSSR count). The zero-order valence-corrected chi connectivity index (χ0v) is 13.7. The second-order valence-electron chi connectivity index (χ2n) is 6.76. The third-order valence-corrected chi connectivity index (χ3v) is 4.07. The number of amides is 1. The number of rotatable bonds is 6. The maximum atomic E-state index is 12.7. The lowest BCUT2D eigenvalue weighted by Crippen LogP contribution is -2.49. The van der Waals surface area contributed by atoms with Crippen LogP contribution < -0.4 is 5.32 Å². The minimum atomic E-state index is -0.388. The van der Waals surface area contributed by atoms with Crippen LogP contribution in [0.15, 0.2) is 0 Å². The summed E-state index contributed by atoms with van der Waals surface area (Å²) < 4.78 is 0. The quantitative estimate of drug-likeness (QED) is 0.800. The van der Waals surface area contributed by atoms with Gasteiger partial charge in [-0.1, -0.05) is 20.8 Å². The maximum Gasteiger partial charge on any atom is 0.244 e. The average molecular weight is 269 g/mol. The predicted molar refractivity (Wildman–Crippen MR) is 79.9 cm³/mol. The smallest absolute Gasteiger partial charge is 0.244 e. The summed E-state index contributed by atoms with van der Waals surface area (Å²) >= 11 is 0. The van der Waals surface area contributed by atoms with Gasteiger partial charge in [-0.2, -0.15) is 0 Å². The normalized spacial score (nSPS) is 29.6. The first kappa shape index (κ1) is 16.4. The van der Waals surface area contributed by atoms with Crippen molar-refractivity contribution in [1.29, 1.82) is 0 Å². The molecule has 1 fully saturated rings. The average Bonchev–Trinajstić information content (AvgIpc) is 2.48. The molecule has 3 atom stereocenters. The van der Waals surface area contributed by atoms with Crippen molar-refractivity contribution in [3.8, 4) is 0 Å². The molecule has 1 N–H and O–H groups in total. The Balaban J connectivity index is 2.92. The SMILES string of the molecule is CCC1(C)NC(C)N(C(CC(C)C)CN(C)C)C1=O. The van der Waals surface area contributed by atoms with Crippen molar-refractivity contribution < 1.29 is 4.79 Å². The lowest BCUT2D eigenvalue weighted by molar-refractivity contribution is -0.135. The standard InChI is InChI=1S/C15H31N3O/c1-8-15(5)14(19)18(12(4)16-15)13(9-11(2)3)10-17(6)7/h11-13,16H,8-10H2,1-7H3. The highest BCUT2D eigenvalue weighted by Gasteiger charge is 2.47. The van der Waals surface area contributed by atoms with Gasteiger partial charge in [-0.3, -0.25) is 10.1 Å². The molecule has 19 heavy (non-hydrogen) atoms. The number of nitrogens with zero attached hydrogens (tertiary/aromatic N) is 2. The fourth-order valence-corrected chi connectivity index (χ4v) is 3.03. The van der Waals surface area contributed by atoms with Crippen LogP contribution in [0.4, 0.5) is 0 Å². The topological polar surface area (TPSA) is 35.6 Å². The van der Waals surface area contributed by atoms with E-state index in [0.29, 0.717) is 12.0 Å². The minimum Gasteiger partial charge on any atom is -0.322 e. The summed E-state index contributed by atoms with van der Waals surface area (Å²) in [6.45, 7) is 11.6. The van der Waals surface area contributed by atoms with Crippen LogP contribution in [0.1, 0.15) is 47.5 Å². The first-order chi connectivity index (χ1) is 8.71. The van der Waals surface area contributed by atoms with Gasteiger partial charge in [-0.05, 0) is 46.7 Å². The van der Waals surface area contributed by atoms with Crippen LogP contribution in [0.2, 0.25) is 0 Å². The Morgan fingerprint density at radius 1 is 1.42 bits per heavy atom. The Morgan fingerprint density at radius 3 is 2.37 bits per heavy atom. The van der Waals surface area contributed by atoms with Gasteiger partial charge in [0.1, 0.15) is 0 Å². The Kier molecular flexibility index (Phi) is 5.39. The molecule has 0 spiro atoms. The van der Waals surface area contributed by atoms with E-state index in [1.165, 1.54) is 0 Å². The molecule has 0 aliphatic carbocycles. The molecule has 0 saturated carbocycles. The summed E-state index contributed by atoms with van der Waals surface area (Å²) in [6, 6.07) is 0.290. The van der Waals surface area contributed by atoms with Crippen molar-refractivity contribution in [3.05, 3.63) is 0 Å². The summed E-state index contributed by atoms with van der Waals surface area (Å²) in [5.41, 5.74) is -0.388. The second kappa shape index (κ2) is 6.23. The van der Waals surface area contributed by atoms with Crippen LogP contribution in [0.25, 0.3) is 0 Å². The van der Waals surface area contributed by atoms with Crippen molar-refractivity contribution in [3.63, 3.8) is 0 Å². The van der Waals surface area contributed by atoms with Crippen LogP contribution in [-0.4, -0.2) is 54.1 Å². The molecular weight excluding hydrogens is 238 g/mol. The Hall–Kier alpha value is -0.610. The molecule has 1 amide bonds. The zero-order chi connectivity index (χ0) is 14.8. The van der Waals surface area contributed by atoms with Gasteiger partial charge in [0.25, 0.3) is 0 Å². The second-order valence-corrected chi connectivity index (χ2v) is 6.76. The Labute approximate surface area is 118 Å². The van der Waals surface area contributed by atoms with E-state index in [9.17, 15) is 4.79 Å². The van der Waals surface area contributed by atoms with Crippen LogP contribution >= 0.6 is 0 Å². The van der Waals surface area contributed by atoms with Gasteiger partial charge < -0.3 is 9.80 Å². The highest BCUT2D eigenvalue weighted by molar-refractivity contribution is 5.88. The monoisotopic (exact) mass is 269 g/mol. The number of hydrogen-bond acceptors (Lipinski definition) is 3. The lowest BCUT2D eigenvalue weighted by Gasteiger charge is -2.34. The van der Waals surface area contributed by atoms with E-state index in [1.807, 2.05) is 6.92 Å². The minimum absolute atomic E-state index is 0.126. The number of carbonyl (C=O) groups is 1. The molecule has 4 nitrogen and oxygen atoms in total. The van der Waals surface area contributed by atoms with Crippen molar-refractivity contribution in [2.75, 3.05) is 20.6 Å². The fraction of sp³-hybridized carbons (Fsp3) is 0.933. The molecule has 0 aromatic rings.